The number of rotatable bonds is 9. The number of hydrogen-bond donors (Lipinski definition) is 0. The van der Waals surface area contributed by atoms with Gasteiger partial charge in [0.15, 0.2) is 5.65 Å². The van der Waals surface area contributed by atoms with Gasteiger partial charge < -0.3 is 19.1 Å². The number of methoxy groups -OCH3 is 3. The van der Waals surface area contributed by atoms with Crippen LogP contribution in [0.1, 0.15) is 56.5 Å². The highest BCUT2D eigenvalue weighted by Crippen LogP contribution is 2.46. The lowest BCUT2D eigenvalue weighted by Gasteiger charge is -2.30. The van der Waals surface area contributed by atoms with Gasteiger partial charge in [-0.05, 0) is 33.1 Å². The molecular formula is C26H36N4O3. The van der Waals surface area contributed by atoms with E-state index in [9.17, 15) is 0 Å². The Labute approximate surface area is 196 Å². The number of aromatic nitrogens is 3. The van der Waals surface area contributed by atoms with Gasteiger partial charge in [0.2, 0.25) is 0 Å². The molecule has 0 radical (unpaired) electrons. The first kappa shape index (κ1) is 23.2. The molecule has 0 unspecified atom stereocenters. The summed E-state index contributed by atoms with van der Waals surface area (Å²) in [4.78, 5) is 7.63. The average molecular weight is 453 g/mol. The Morgan fingerprint density at radius 1 is 0.909 bits per heavy atom. The number of benzene rings is 1. The zero-order chi connectivity index (χ0) is 23.7. The van der Waals surface area contributed by atoms with Crippen molar-refractivity contribution in [3.63, 3.8) is 0 Å². The second-order valence-corrected chi connectivity index (χ2v) is 8.78. The van der Waals surface area contributed by atoms with Gasteiger partial charge in [0.25, 0.3) is 0 Å². The monoisotopic (exact) mass is 452 g/mol. The molecule has 3 heterocycles. The summed E-state index contributed by atoms with van der Waals surface area (Å²) in [5.74, 6) is 3.23. The highest BCUT2D eigenvalue weighted by atomic mass is 16.5. The van der Waals surface area contributed by atoms with Crippen molar-refractivity contribution in [1.29, 1.82) is 0 Å². The Morgan fingerprint density at radius 2 is 1.55 bits per heavy atom. The van der Waals surface area contributed by atoms with Crippen LogP contribution in [0.5, 0.6) is 17.2 Å². The van der Waals surface area contributed by atoms with Crippen LogP contribution in [0.4, 0.5) is 5.82 Å². The number of anilines is 1. The van der Waals surface area contributed by atoms with Crippen molar-refractivity contribution in [3.05, 3.63) is 29.1 Å². The molecule has 7 heteroatoms. The highest BCUT2D eigenvalue weighted by molar-refractivity contribution is 5.89. The third kappa shape index (κ3) is 3.87. The van der Waals surface area contributed by atoms with Crippen molar-refractivity contribution >= 4 is 11.5 Å². The van der Waals surface area contributed by atoms with Gasteiger partial charge in [-0.2, -0.15) is 9.61 Å². The molecule has 0 bridgehead atoms. The van der Waals surface area contributed by atoms with E-state index < -0.39 is 0 Å². The van der Waals surface area contributed by atoms with E-state index in [0.29, 0.717) is 23.3 Å². The van der Waals surface area contributed by atoms with Crippen molar-refractivity contribution in [2.45, 2.75) is 65.8 Å². The normalized spacial score (nSPS) is 13.2. The molecule has 0 saturated heterocycles. The Hall–Kier alpha value is -2.96. The lowest BCUT2D eigenvalue weighted by molar-refractivity contribution is 0.377. The van der Waals surface area contributed by atoms with Crippen LogP contribution >= 0.6 is 0 Å². The van der Waals surface area contributed by atoms with Gasteiger partial charge in [-0.1, -0.05) is 26.7 Å². The van der Waals surface area contributed by atoms with Gasteiger partial charge in [0.05, 0.1) is 38.2 Å². The highest BCUT2D eigenvalue weighted by Gasteiger charge is 2.32. The summed E-state index contributed by atoms with van der Waals surface area (Å²) < 4.78 is 19.0. The third-order valence-corrected chi connectivity index (χ3v) is 6.74. The zero-order valence-corrected chi connectivity index (χ0v) is 21.0. The molecule has 33 heavy (non-hydrogen) atoms. The molecular weight excluding hydrogens is 416 g/mol. The molecule has 7 nitrogen and oxygen atoms in total. The SMILES string of the molecule is CCCC(CCC)N1CCc2c(C)nc3c(-c4c(OC)cc(OC)cc4OC)c(C)nn3c21. The molecule has 178 valence electrons. The summed E-state index contributed by atoms with van der Waals surface area (Å²) >= 11 is 0. The summed E-state index contributed by atoms with van der Waals surface area (Å²) in [6, 6.07) is 4.28. The number of hydrogen-bond acceptors (Lipinski definition) is 6. The van der Waals surface area contributed by atoms with Gasteiger partial charge >= 0.3 is 0 Å². The number of fused-ring (bicyclic) bond motifs is 3. The first-order valence-electron chi connectivity index (χ1n) is 11.9. The molecule has 0 saturated carbocycles. The maximum absolute atomic E-state index is 5.77. The summed E-state index contributed by atoms with van der Waals surface area (Å²) in [6.07, 6.45) is 5.73. The largest absolute Gasteiger partial charge is 0.496 e. The minimum atomic E-state index is 0.518. The van der Waals surface area contributed by atoms with Crippen LogP contribution in [0.3, 0.4) is 0 Å². The van der Waals surface area contributed by atoms with Gasteiger partial charge in [0, 0.05) is 36.0 Å². The molecule has 0 N–H and O–H groups in total. The van der Waals surface area contributed by atoms with E-state index in [-0.39, 0.29) is 0 Å². The van der Waals surface area contributed by atoms with Crippen LogP contribution in [0, 0.1) is 13.8 Å². The average Bonchev–Trinajstić information content (AvgIpc) is 3.39. The lowest BCUT2D eigenvalue weighted by atomic mass is 10.0. The molecule has 1 aromatic carbocycles. The van der Waals surface area contributed by atoms with Crippen molar-refractivity contribution in [1.82, 2.24) is 14.6 Å². The number of aryl methyl sites for hydroxylation is 2. The minimum absolute atomic E-state index is 0.518. The molecule has 0 aliphatic carbocycles. The molecule has 0 spiro atoms. The van der Waals surface area contributed by atoms with Crippen LogP contribution in [-0.2, 0) is 6.42 Å². The second kappa shape index (κ2) is 9.49. The molecule has 4 rings (SSSR count). The molecule has 0 amide bonds. The summed E-state index contributed by atoms with van der Waals surface area (Å²) in [5, 5.41) is 5.02. The van der Waals surface area contributed by atoms with E-state index in [1.165, 1.54) is 37.1 Å². The van der Waals surface area contributed by atoms with Gasteiger partial charge in [-0.3, -0.25) is 0 Å². The quantitative estimate of drug-likeness (QED) is 0.435. The van der Waals surface area contributed by atoms with Gasteiger partial charge in [0.1, 0.15) is 23.1 Å². The van der Waals surface area contributed by atoms with Crippen LogP contribution in [0.25, 0.3) is 16.8 Å². The predicted molar refractivity (Wildman–Crippen MR) is 132 cm³/mol. The van der Waals surface area contributed by atoms with Gasteiger partial charge in [-0.25, -0.2) is 4.98 Å². The predicted octanol–water partition coefficient (Wildman–Crippen LogP) is 5.37. The fraction of sp³-hybridized carbons (Fsp3) is 0.538. The van der Waals surface area contributed by atoms with E-state index in [0.717, 1.165) is 41.1 Å². The Balaban J connectivity index is 1.98. The fourth-order valence-electron chi connectivity index (χ4n) is 5.23. The smallest absolute Gasteiger partial charge is 0.166 e. The first-order valence-corrected chi connectivity index (χ1v) is 11.9. The van der Waals surface area contributed by atoms with Gasteiger partial charge in [-0.15, -0.1) is 0 Å². The van der Waals surface area contributed by atoms with E-state index in [1.807, 2.05) is 19.1 Å². The molecule has 0 atom stereocenters. The second-order valence-electron chi connectivity index (χ2n) is 8.78. The van der Waals surface area contributed by atoms with E-state index in [1.54, 1.807) is 21.3 Å². The summed E-state index contributed by atoms with van der Waals surface area (Å²) in [5.41, 5.74) is 5.90. The van der Waals surface area contributed by atoms with Crippen molar-refractivity contribution in [3.8, 4) is 28.4 Å². The summed E-state index contributed by atoms with van der Waals surface area (Å²) in [6.45, 7) is 9.71. The number of nitrogens with zero attached hydrogens (tertiary/aromatic N) is 4. The fourth-order valence-corrected chi connectivity index (χ4v) is 5.23. The molecule has 1 aliphatic rings. The van der Waals surface area contributed by atoms with Crippen LogP contribution in [0.2, 0.25) is 0 Å². The van der Waals surface area contributed by atoms with Crippen LogP contribution in [-0.4, -0.2) is 48.5 Å². The van der Waals surface area contributed by atoms with Crippen LogP contribution < -0.4 is 19.1 Å². The van der Waals surface area contributed by atoms with Crippen molar-refractivity contribution < 1.29 is 14.2 Å². The Bertz CT molecular complexity index is 1120. The maximum Gasteiger partial charge on any atom is 0.166 e. The Kier molecular flexibility index (Phi) is 6.68. The van der Waals surface area contributed by atoms with E-state index in [4.69, 9.17) is 24.3 Å². The Morgan fingerprint density at radius 3 is 2.09 bits per heavy atom. The number of ether oxygens (including phenoxy) is 3. The van der Waals surface area contributed by atoms with Crippen molar-refractivity contribution in [2.75, 3.05) is 32.8 Å². The molecule has 2 aromatic heterocycles. The van der Waals surface area contributed by atoms with E-state index >= 15 is 0 Å². The maximum atomic E-state index is 5.77. The molecule has 1 aliphatic heterocycles. The third-order valence-electron chi connectivity index (χ3n) is 6.74. The first-order chi connectivity index (χ1) is 16.0. The molecule has 3 aromatic rings. The standard InChI is InChI=1S/C26H36N4O3/c1-8-10-18(11-9-2)29-13-12-20-16(3)27-25-23(17(4)28-30(25)26(20)29)24-21(32-6)14-19(31-5)15-22(24)33-7/h14-15,18H,8-13H2,1-7H3. The lowest BCUT2D eigenvalue weighted by Crippen LogP contribution is -2.35. The van der Waals surface area contributed by atoms with E-state index in [2.05, 4.69) is 30.2 Å². The van der Waals surface area contributed by atoms with Crippen LogP contribution in [0.15, 0.2) is 12.1 Å². The zero-order valence-electron chi connectivity index (χ0n) is 21.0. The minimum Gasteiger partial charge on any atom is -0.496 e. The van der Waals surface area contributed by atoms with Crippen molar-refractivity contribution in [2.24, 2.45) is 0 Å². The summed E-state index contributed by atoms with van der Waals surface area (Å²) in [7, 11) is 4.97. The topological polar surface area (TPSA) is 61.1 Å². The molecule has 0 fully saturated rings.